The second kappa shape index (κ2) is 6.79. The summed E-state index contributed by atoms with van der Waals surface area (Å²) in [5.74, 6) is -0.418. The molecular formula is C15H17ClFN3. The molecule has 0 saturated carbocycles. The lowest BCUT2D eigenvalue weighted by atomic mass is 10.1. The summed E-state index contributed by atoms with van der Waals surface area (Å²) in [6.45, 7) is 1.09. The van der Waals surface area contributed by atoms with E-state index in [0.717, 1.165) is 11.3 Å². The number of hydrogen-bond acceptors (Lipinski definition) is 3. The monoisotopic (exact) mass is 293 g/mol. The van der Waals surface area contributed by atoms with Crippen molar-refractivity contribution in [3.05, 3.63) is 64.7 Å². The van der Waals surface area contributed by atoms with Gasteiger partial charge in [0, 0.05) is 25.3 Å². The largest absolute Gasteiger partial charge is 0.329 e. The molecule has 106 valence electrons. The van der Waals surface area contributed by atoms with Gasteiger partial charge in [-0.2, -0.15) is 0 Å². The maximum absolute atomic E-state index is 13.2. The molecule has 20 heavy (non-hydrogen) atoms. The van der Waals surface area contributed by atoms with E-state index >= 15 is 0 Å². The zero-order valence-electron chi connectivity index (χ0n) is 11.3. The quantitative estimate of drug-likeness (QED) is 0.921. The summed E-state index contributed by atoms with van der Waals surface area (Å²) >= 11 is 5.83. The van der Waals surface area contributed by atoms with Gasteiger partial charge in [0.15, 0.2) is 0 Å². The number of nitrogens with zero attached hydrogens (tertiary/aromatic N) is 2. The zero-order valence-corrected chi connectivity index (χ0v) is 12.0. The van der Waals surface area contributed by atoms with Crippen molar-refractivity contribution in [1.29, 1.82) is 0 Å². The van der Waals surface area contributed by atoms with E-state index in [2.05, 4.69) is 9.88 Å². The van der Waals surface area contributed by atoms with Crippen LogP contribution in [-0.2, 0) is 6.54 Å². The van der Waals surface area contributed by atoms with Crippen molar-refractivity contribution in [3.8, 4) is 0 Å². The lowest BCUT2D eigenvalue weighted by Gasteiger charge is -2.27. The van der Waals surface area contributed by atoms with E-state index in [1.165, 1.54) is 6.07 Å². The van der Waals surface area contributed by atoms with Crippen LogP contribution in [0.15, 0.2) is 42.6 Å². The Morgan fingerprint density at radius 2 is 2.15 bits per heavy atom. The van der Waals surface area contributed by atoms with Crippen molar-refractivity contribution in [3.63, 3.8) is 0 Å². The molecule has 2 rings (SSSR count). The van der Waals surface area contributed by atoms with Crippen LogP contribution >= 0.6 is 11.6 Å². The Morgan fingerprint density at radius 3 is 2.75 bits per heavy atom. The summed E-state index contributed by atoms with van der Waals surface area (Å²) in [7, 11) is 1.96. The molecule has 0 amide bonds. The number of likely N-dealkylation sites (N-methyl/N-ethyl adjacent to an activating group) is 1. The molecule has 1 aromatic heterocycles. The predicted octanol–water partition coefficient (Wildman–Crippen LogP) is 3.01. The molecule has 1 unspecified atom stereocenters. The van der Waals surface area contributed by atoms with Crippen LogP contribution in [0.5, 0.6) is 0 Å². The van der Waals surface area contributed by atoms with E-state index in [1.807, 2.05) is 25.2 Å². The molecule has 0 aliphatic rings. The SMILES string of the molecule is CN(Cc1ccccn1)C(CN)c1ccc(F)c(Cl)c1. The maximum atomic E-state index is 13.2. The molecule has 2 aromatic rings. The summed E-state index contributed by atoms with van der Waals surface area (Å²) in [5.41, 5.74) is 7.71. The third-order valence-electron chi connectivity index (χ3n) is 3.22. The van der Waals surface area contributed by atoms with Gasteiger partial charge in [0.2, 0.25) is 0 Å². The van der Waals surface area contributed by atoms with Gasteiger partial charge in [-0.15, -0.1) is 0 Å². The second-order valence-electron chi connectivity index (χ2n) is 4.66. The van der Waals surface area contributed by atoms with Gasteiger partial charge in [-0.25, -0.2) is 4.39 Å². The first-order valence-corrected chi connectivity index (χ1v) is 6.74. The van der Waals surface area contributed by atoms with Crippen molar-refractivity contribution in [2.75, 3.05) is 13.6 Å². The van der Waals surface area contributed by atoms with Crippen LogP contribution in [-0.4, -0.2) is 23.5 Å². The van der Waals surface area contributed by atoms with Crippen molar-refractivity contribution in [2.24, 2.45) is 5.73 Å². The minimum absolute atomic E-state index is 0.0323. The van der Waals surface area contributed by atoms with Crippen molar-refractivity contribution in [1.82, 2.24) is 9.88 Å². The smallest absolute Gasteiger partial charge is 0.141 e. The predicted molar refractivity (Wildman–Crippen MR) is 78.9 cm³/mol. The summed E-state index contributed by atoms with van der Waals surface area (Å²) < 4.78 is 13.2. The molecule has 1 atom stereocenters. The Bertz CT molecular complexity index is 562. The first kappa shape index (κ1) is 14.9. The average molecular weight is 294 g/mol. The van der Waals surface area contributed by atoms with Gasteiger partial charge in [0.05, 0.1) is 10.7 Å². The Balaban J connectivity index is 2.16. The van der Waals surface area contributed by atoms with Crippen LogP contribution < -0.4 is 5.73 Å². The highest BCUT2D eigenvalue weighted by atomic mass is 35.5. The number of pyridine rings is 1. The fourth-order valence-corrected chi connectivity index (χ4v) is 2.34. The molecule has 3 nitrogen and oxygen atoms in total. The molecule has 2 N–H and O–H groups in total. The summed E-state index contributed by atoms with van der Waals surface area (Å²) in [5, 5.41) is 0.118. The summed E-state index contributed by atoms with van der Waals surface area (Å²) in [6.07, 6.45) is 1.76. The Morgan fingerprint density at radius 1 is 1.35 bits per heavy atom. The number of hydrogen-bond donors (Lipinski definition) is 1. The minimum Gasteiger partial charge on any atom is -0.329 e. The van der Waals surface area contributed by atoms with E-state index < -0.39 is 5.82 Å². The minimum atomic E-state index is -0.418. The van der Waals surface area contributed by atoms with E-state index in [9.17, 15) is 4.39 Å². The molecule has 0 fully saturated rings. The van der Waals surface area contributed by atoms with E-state index in [0.29, 0.717) is 13.1 Å². The summed E-state index contributed by atoms with van der Waals surface area (Å²) in [4.78, 5) is 6.37. The Labute approximate surface area is 123 Å². The highest BCUT2D eigenvalue weighted by molar-refractivity contribution is 6.30. The average Bonchev–Trinajstić information content (AvgIpc) is 2.44. The van der Waals surface area contributed by atoms with Crippen LogP contribution in [0.25, 0.3) is 0 Å². The normalized spacial score (nSPS) is 12.7. The Kier molecular flexibility index (Phi) is 5.06. The fourth-order valence-electron chi connectivity index (χ4n) is 2.15. The van der Waals surface area contributed by atoms with Crippen LogP contribution in [0, 0.1) is 5.82 Å². The van der Waals surface area contributed by atoms with Crippen LogP contribution in [0.2, 0.25) is 5.02 Å². The molecule has 0 aliphatic heterocycles. The van der Waals surface area contributed by atoms with Crippen LogP contribution in [0.1, 0.15) is 17.3 Å². The number of benzene rings is 1. The number of rotatable bonds is 5. The number of aromatic nitrogens is 1. The topological polar surface area (TPSA) is 42.2 Å². The molecule has 1 aromatic carbocycles. The zero-order chi connectivity index (χ0) is 14.5. The standard InChI is InChI=1S/C15H17ClFN3/c1-20(10-12-4-2-3-7-19-12)15(9-18)11-5-6-14(17)13(16)8-11/h2-8,15H,9-10,18H2,1H3. The van der Waals surface area contributed by atoms with E-state index in [4.69, 9.17) is 17.3 Å². The molecule has 1 heterocycles. The number of nitrogens with two attached hydrogens (primary N) is 1. The molecule has 0 spiro atoms. The van der Waals surface area contributed by atoms with Gasteiger partial charge < -0.3 is 5.73 Å². The van der Waals surface area contributed by atoms with Gasteiger partial charge in [-0.1, -0.05) is 23.7 Å². The number of halogens is 2. The van der Waals surface area contributed by atoms with Crippen molar-refractivity contribution >= 4 is 11.6 Å². The first-order valence-electron chi connectivity index (χ1n) is 6.37. The highest BCUT2D eigenvalue weighted by Crippen LogP contribution is 2.24. The van der Waals surface area contributed by atoms with Crippen molar-refractivity contribution in [2.45, 2.75) is 12.6 Å². The molecule has 0 radical (unpaired) electrons. The van der Waals surface area contributed by atoms with E-state index in [1.54, 1.807) is 18.3 Å². The third kappa shape index (κ3) is 3.54. The van der Waals surface area contributed by atoms with Gasteiger partial charge in [-0.3, -0.25) is 9.88 Å². The Hall–Kier alpha value is -1.49. The van der Waals surface area contributed by atoms with E-state index in [-0.39, 0.29) is 11.1 Å². The molecule has 0 aliphatic carbocycles. The van der Waals surface area contributed by atoms with Gasteiger partial charge >= 0.3 is 0 Å². The van der Waals surface area contributed by atoms with Crippen molar-refractivity contribution < 1.29 is 4.39 Å². The van der Waals surface area contributed by atoms with Gasteiger partial charge in [0.25, 0.3) is 0 Å². The molecular weight excluding hydrogens is 277 g/mol. The lowest BCUT2D eigenvalue weighted by Crippen LogP contribution is -2.30. The first-order chi connectivity index (χ1) is 9.61. The van der Waals surface area contributed by atoms with Gasteiger partial charge in [-0.05, 0) is 36.9 Å². The fraction of sp³-hybridized carbons (Fsp3) is 0.267. The highest BCUT2D eigenvalue weighted by Gasteiger charge is 2.17. The summed E-state index contributed by atoms with van der Waals surface area (Å²) in [6, 6.07) is 10.5. The van der Waals surface area contributed by atoms with Crippen LogP contribution in [0.3, 0.4) is 0 Å². The molecule has 5 heteroatoms. The molecule has 0 saturated heterocycles. The van der Waals surface area contributed by atoms with Crippen LogP contribution in [0.4, 0.5) is 4.39 Å². The third-order valence-corrected chi connectivity index (χ3v) is 3.51. The lowest BCUT2D eigenvalue weighted by molar-refractivity contribution is 0.239. The van der Waals surface area contributed by atoms with Gasteiger partial charge in [0.1, 0.15) is 5.82 Å². The second-order valence-corrected chi connectivity index (χ2v) is 5.07. The molecule has 0 bridgehead atoms. The maximum Gasteiger partial charge on any atom is 0.141 e.